The maximum Gasteiger partial charge on any atom is 0.255 e. The summed E-state index contributed by atoms with van der Waals surface area (Å²) in [7, 11) is 1.51. The first kappa shape index (κ1) is 26.8. The van der Waals surface area contributed by atoms with Gasteiger partial charge in [0.2, 0.25) is 5.91 Å². The number of ether oxygens (including phenoxy) is 2. The van der Waals surface area contributed by atoms with E-state index in [1.54, 1.807) is 18.2 Å². The van der Waals surface area contributed by atoms with Crippen LogP contribution in [0.1, 0.15) is 42.6 Å². The van der Waals surface area contributed by atoms with Crippen LogP contribution in [0.4, 0.5) is 5.69 Å². The average molecular weight is 490 g/mol. The molecule has 0 aliphatic rings. The highest BCUT2D eigenvalue weighted by molar-refractivity contribution is 5.99. The van der Waals surface area contributed by atoms with Crippen LogP contribution in [-0.2, 0) is 4.79 Å². The molecule has 0 heterocycles. The normalized spacial score (nSPS) is 11.6. The fourth-order valence-electron chi connectivity index (χ4n) is 3.77. The lowest BCUT2D eigenvalue weighted by Gasteiger charge is -2.18. The number of nitrogens with zero attached hydrogens (tertiary/aromatic N) is 1. The quantitative estimate of drug-likeness (QED) is 0.361. The van der Waals surface area contributed by atoms with E-state index in [9.17, 15) is 9.59 Å². The smallest absolute Gasteiger partial charge is 0.255 e. The van der Waals surface area contributed by atoms with Crippen LogP contribution in [-0.4, -0.2) is 50.0 Å². The summed E-state index contributed by atoms with van der Waals surface area (Å²) >= 11 is 0. The maximum absolute atomic E-state index is 12.9. The summed E-state index contributed by atoms with van der Waals surface area (Å²) in [6.45, 7) is 9.25. The number of anilines is 1. The first-order chi connectivity index (χ1) is 17.4. The molecule has 0 spiro atoms. The lowest BCUT2D eigenvalue weighted by Crippen LogP contribution is -2.34. The molecule has 0 radical (unpaired) electrons. The summed E-state index contributed by atoms with van der Waals surface area (Å²) < 4.78 is 11.3. The van der Waals surface area contributed by atoms with Crippen molar-refractivity contribution in [2.45, 2.75) is 26.7 Å². The van der Waals surface area contributed by atoms with Crippen molar-refractivity contribution in [3.05, 3.63) is 83.9 Å². The van der Waals surface area contributed by atoms with Crippen molar-refractivity contribution in [1.82, 2.24) is 10.2 Å². The lowest BCUT2D eigenvalue weighted by molar-refractivity contribution is -0.117. The van der Waals surface area contributed by atoms with Gasteiger partial charge in [-0.2, -0.15) is 0 Å². The molecular formula is C29H35N3O4. The molecule has 0 aromatic heterocycles. The van der Waals surface area contributed by atoms with Gasteiger partial charge in [-0.25, -0.2) is 0 Å². The highest BCUT2D eigenvalue weighted by Crippen LogP contribution is 2.27. The summed E-state index contributed by atoms with van der Waals surface area (Å²) in [4.78, 5) is 27.8. The predicted octanol–water partition coefficient (Wildman–Crippen LogP) is 5.30. The van der Waals surface area contributed by atoms with E-state index in [-0.39, 0.29) is 17.7 Å². The predicted molar refractivity (Wildman–Crippen MR) is 143 cm³/mol. The number of benzene rings is 3. The minimum atomic E-state index is -0.384. The van der Waals surface area contributed by atoms with E-state index in [4.69, 9.17) is 9.47 Å². The molecule has 190 valence electrons. The molecule has 0 saturated carbocycles. The monoisotopic (exact) mass is 489 g/mol. The SMILES string of the molecule is CCN(CC)CCNC(=O)c1ccc(NC(=O)C(C)c2ccc(Oc3ccccc3)cc2)cc1OC. The van der Waals surface area contributed by atoms with Gasteiger partial charge in [0.1, 0.15) is 17.2 Å². The molecule has 0 aliphatic heterocycles. The Balaban J connectivity index is 1.60. The molecule has 3 aromatic carbocycles. The topological polar surface area (TPSA) is 79.9 Å². The van der Waals surface area contributed by atoms with E-state index in [2.05, 4.69) is 29.4 Å². The van der Waals surface area contributed by atoms with E-state index >= 15 is 0 Å². The number of likely N-dealkylation sites (N-methyl/N-ethyl adjacent to an activating group) is 1. The van der Waals surface area contributed by atoms with Crippen molar-refractivity contribution in [2.24, 2.45) is 0 Å². The van der Waals surface area contributed by atoms with Gasteiger partial charge < -0.3 is 25.0 Å². The van der Waals surface area contributed by atoms with Crippen molar-refractivity contribution < 1.29 is 19.1 Å². The van der Waals surface area contributed by atoms with Gasteiger partial charge >= 0.3 is 0 Å². The number of rotatable bonds is 12. The van der Waals surface area contributed by atoms with Crippen LogP contribution in [0.2, 0.25) is 0 Å². The molecule has 36 heavy (non-hydrogen) atoms. The van der Waals surface area contributed by atoms with Crippen LogP contribution >= 0.6 is 0 Å². The first-order valence-electron chi connectivity index (χ1n) is 12.3. The summed E-state index contributed by atoms with van der Waals surface area (Å²) in [5, 5.41) is 5.85. The van der Waals surface area contributed by atoms with Crippen molar-refractivity contribution >= 4 is 17.5 Å². The van der Waals surface area contributed by atoms with Crippen LogP contribution < -0.4 is 20.1 Å². The molecule has 7 heteroatoms. The fourth-order valence-corrected chi connectivity index (χ4v) is 3.77. The fraction of sp³-hybridized carbons (Fsp3) is 0.310. The third-order valence-electron chi connectivity index (χ3n) is 6.07. The summed E-state index contributed by atoms with van der Waals surface area (Å²) in [5.74, 6) is 1.11. The van der Waals surface area contributed by atoms with Crippen LogP contribution in [0.15, 0.2) is 72.8 Å². The number of nitrogens with one attached hydrogen (secondary N) is 2. The molecule has 0 saturated heterocycles. The average Bonchev–Trinajstić information content (AvgIpc) is 2.91. The molecule has 2 N–H and O–H groups in total. The standard InChI is InChI=1S/C29H35N3O4/c1-5-32(6-2)19-18-30-29(34)26-17-14-23(20-27(26)35-4)31-28(33)21(3)22-12-15-25(16-13-22)36-24-10-8-7-9-11-24/h7-17,20-21H,5-6,18-19H2,1-4H3,(H,30,34)(H,31,33). The third kappa shape index (κ3) is 7.33. The molecule has 3 aromatic rings. The number of hydrogen-bond donors (Lipinski definition) is 2. The Labute approximate surface area is 213 Å². The van der Waals surface area contributed by atoms with Crippen molar-refractivity contribution in [3.8, 4) is 17.2 Å². The molecule has 1 atom stereocenters. The van der Waals surface area contributed by atoms with Crippen LogP contribution in [0, 0.1) is 0 Å². The van der Waals surface area contributed by atoms with Gasteiger partial charge in [-0.05, 0) is 62.0 Å². The van der Waals surface area contributed by atoms with Gasteiger partial charge in [0.25, 0.3) is 5.91 Å². The van der Waals surface area contributed by atoms with E-state index in [0.29, 0.717) is 29.3 Å². The number of methoxy groups -OCH3 is 1. The van der Waals surface area contributed by atoms with Crippen molar-refractivity contribution in [1.29, 1.82) is 0 Å². The molecule has 0 aliphatic carbocycles. The number of hydrogen-bond acceptors (Lipinski definition) is 5. The lowest BCUT2D eigenvalue weighted by atomic mass is 10.00. The number of carbonyl (C=O) groups excluding carboxylic acids is 2. The summed E-state index contributed by atoms with van der Waals surface area (Å²) in [6.07, 6.45) is 0. The Morgan fingerprint density at radius 3 is 2.22 bits per heavy atom. The molecule has 7 nitrogen and oxygen atoms in total. The Hall–Kier alpha value is -3.84. The second-order valence-electron chi connectivity index (χ2n) is 8.39. The largest absolute Gasteiger partial charge is 0.496 e. The van der Waals surface area contributed by atoms with Gasteiger partial charge in [0.05, 0.1) is 18.6 Å². The molecule has 0 bridgehead atoms. The van der Waals surface area contributed by atoms with E-state index in [1.807, 2.05) is 61.5 Å². The summed E-state index contributed by atoms with van der Waals surface area (Å²) in [5.41, 5.74) is 1.86. The Bertz CT molecular complexity index is 1130. The zero-order valence-electron chi connectivity index (χ0n) is 21.4. The van der Waals surface area contributed by atoms with Gasteiger partial charge in [0, 0.05) is 24.8 Å². The molecule has 2 amide bonds. The summed E-state index contributed by atoms with van der Waals surface area (Å²) in [6, 6.07) is 22.1. The van der Waals surface area contributed by atoms with E-state index in [1.165, 1.54) is 7.11 Å². The third-order valence-corrected chi connectivity index (χ3v) is 6.07. The van der Waals surface area contributed by atoms with E-state index < -0.39 is 0 Å². The minimum absolute atomic E-state index is 0.162. The van der Waals surface area contributed by atoms with Gasteiger partial charge in [0.15, 0.2) is 0 Å². The number of para-hydroxylation sites is 1. The van der Waals surface area contributed by atoms with Crippen LogP contribution in [0.3, 0.4) is 0 Å². The zero-order valence-corrected chi connectivity index (χ0v) is 21.4. The molecular weight excluding hydrogens is 454 g/mol. The van der Waals surface area contributed by atoms with Gasteiger partial charge in [-0.3, -0.25) is 9.59 Å². The highest BCUT2D eigenvalue weighted by Gasteiger charge is 2.18. The Morgan fingerprint density at radius 2 is 1.58 bits per heavy atom. The van der Waals surface area contributed by atoms with Crippen molar-refractivity contribution in [3.63, 3.8) is 0 Å². The number of carbonyl (C=O) groups is 2. The number of amides is 2. The molecule has 3 rings (SSSR count). The van der Waals surface area contributed by atoms with Gasteiger partial charge in [-0.1, -0.05) is 44.2 Å². The molecule has 0 fully saturated rings. The Morgan fingerprint density at radius 1 is 0.917 bits per heavy atom. The first-order valence-corrected chi connectivity index (χ1v) is 12.3. The van der Waals surface area contributed by atoms with E-state index in [0.717, 1.165) is 30.9 Å². The highest BCUT2D eigenvalue weighted by atomic mass is 16.5. The molecule has 1 unspecified atom stereocenters. The van der Waals surface area contributed by atoms with Gasteiger partial charge in [-0.15, -0.1) is 0 Å². The Kier molecular flexibility index (Phi) is 9.89. The minimum Gasteiger partial charge on any atom is -0.496 e. The zero-order chi connectivity index (χ0) is 25.9. The van der Waals surface area contributed by atoms with Crippen LogP contribution in [0.25, 0.3) is 0 Å². The van der Waals surface area contributed by atoms with Crippen molar-refractivity contribution in [2.75, 3.05) is 38.6 Å². The maximum atomic E-state index is 12.9. The second kappa shape index (κ2) is 13.3. The van der Waals surface area contributed by atoms with Crippen LogP contribution in [0.5, 0.6) is 17.2 Å². The second-order valence-corrected chi connectivity index (χ2v) is 8.39.